The van der Waals surface area contributed by atoms with E-state index in [-0.39, 0.29) is 6.04 Å². The van der Waals surface area contributed by atoms with Crippen LogP contribution in [-0.4, -0.2) is 16.8 Å². The third-order valence-electron chi connectivity index (χ3n) is 2.75. The first-order valence-corrected chi connectivity index (χ1v) is 8.55. The molecule has 98 valence electrons. The zero-order valence-electron chi connectivity index (χ0n) is 10.3. The summed E-state index contributed by atoms with van der Waals surface area (Å²) in [5.74, 6) is 0. The van der Waals surface area contributed by atoms with Gasteiger partial charge in [-0.25, -0.2) is 0 Å². The summed E-state index contributed by atoms with van der Waals surface area (Å²) in [5, 5.41) is 10.0. The molecule has 0 aromatic carbocycles. The van der Waals surface area contributed by atoms with Gasteiger partial charge in [-0.05, 0) is 69.0 Å². The minimum absolute atomic E-state index is 0.188. The Bertz CT molecular complexity index is 523. The van der Waals surface area contributed by atoms with Crippen LogP contribution >= 0.6 is 49.9 Å². The molecule has 2 aromatic rings. The second-order valence-electron chi connectivity index (χ2n) is 4.01. The van der Waals surface area contributed by atoms with Crippen LogP contribution in [0.3, 0.4) is 0 Å². The average Bonchev–Trinajstić information content (AvgIpc) is 2.91. The van der Waals surface area contributed by atoms with Gasteiger partial charge in [-0.15, -0.1) is 11.3 Å². The summed E-state index contributed by atoms with van der Waals surface area (Å²) in [6.07, 6.45) is 2.96. The Labute approximate surface area is 133 Å². The van der Waals surface area contributed by atoms with Gasteiger partial charge >= 0.3 is 0 Å². The predicted molar refractivity (Wildman–Crippen MR) is 88.2 cm³/mol. The summed E-state index contributed by atoms with van der Waals surface area (Å²) in [6.45, 7) is 3.11. The third-order valence-corrected chi connectivity index (χ3v) is 5.17. The van der Waals surface area contributed by atoms with E-state index in [1.54, 1.807) is 11.3 Å². The number of thiophene rings is 1. The van der Waals surface area contributed by atoms with Gasteiger partial charge in [0.05, 0.1) is 25.3 Å². The van der Waals surface area contributed by atoms with Crippen LogP contribution in [0.2, 0.25) is 0 Å². The van der Waals surface area contributed by atoms with Crippen molar-refractivity contribution in [2.24, 2.45) is 0 Å². The molecule has 0 spiro atoms. The summed E-state index contributed by atoms with van der Waals surface area (Å²) in [7, 11) is 1.99. The van der Waals surface area contributed by atoms with E-state index in [0.717, 1.165) is 17.4 Å². The molecule has 6 heteroatoms. The second-order valence-corrected chi connectivity index (χ2v) is 7.67. The maximum atomic E-state index is 4.44. The Morgan fingerprint density at radius 3 is 2.94 bits per heavy atom. The van der Waals surface area contributed by atoms with Gasteiger partial charge < -0.3 is 5.32 Å². The Kier molecular flexibility index (Phi) is 5.23. The van der Waals surface area contributed by atoms with Crippen molar-refractivity contribution in [2.45, 2.75) is 25.9 Å². The van der Waals surface area contributed by atoms with E-state index < -0.39 is 0 Å². The van der Waals surface area contributed by atoms with Gasteiger partial charge in [0.25, 0.3) is 0 Å². The van der Waals surface area contributed by atoms with E-state index in [4.69, 9.17) is 0 Å². The van der Waals surface area contributed by atoms with Gasteiger partial charge in [0, 0.05) is 6.54 Å². The van der Waals surface area contributed by atoms with E-state index in [1.807, 2.05) is 13.2 Å². The Hall–Kier alpha value is 0.0800. The fraction of sp³-hybridized carbons (Fsp3) is 0.417. The predicted octanol–water partition coefficient (Wildman–Crippen LogP) is 4.03. The van der Waals surface area contributed by atoms with Gasteiger partial charge in [-0.1, -0.05) is 6.92 Å². The van der Waals surface area contributed by atoms with Crippen molar-refractivity contribution in [3.05, 3.63) is 36.3 Å². The van der Waals surface area contributed by atoms with E-state index >= 15 is 0 Å². The van der Waals surface area contributed by atoms with Crippen LogP contribution in [0.4, 0.5) is 0 Å². The van der Waals surface area contributed by atoms with Crippen LogP contribution in [0.1, 0.15) is 30.6 Å². The number of rotatable bonds is 5. The molecule has 2 rings (SSSR count). The van der Waals surface area contributed by atoms with Crippen molar-refractivity contribution in [1.82, 2.24) is 15.1 Å². The average molecular weight is 440 g/mol. The van der Waals surface area contributed by atoms with Gasteiger partial charge in [0.2, 0.25) is 0 Å². The van der Waals surface area contributed by atoms with Crippen molar-refractivity contribution in [3.8, 4) is 0 Å². The Morgan fingerprint density at radius 2 is 2.39 bits per heavy atom. The summed E-state index contributed by atoms with van der Waals surface area (Å²) in [6, 6.07) is 2.41. The maximum Gasteiger partial charge on any atom is 0.0765 e. The number of nitrogens with one attached hydrogen (secondary N) is 1. The Morgan fingerprint density at radius 1 is 1.61 bits per heavy atom. The minimum Gasteiger partial charge on any atom is -0.308 e. The lowest BCUT2D eigenvalue weighted by molar-refractivity contribution is 0.534. The molecule has 0 saturated heterocycles. The molecule has 0 aliphatic heterocycles. The van der Waals surface area contributed by atoms with Gasteiger partial charge in [0.15, 0.2) is 0 Å². The van der Waals surface area contributed by atoms with Gasteiger partial charge in [-0.3, -0.25) is 4.68 Å². The highest BCUT2D eigenvalue weighted by Gasteiger charge is 2.21. The van der Waals surface area contributed by atoms with Crippen molar-refractivity contribution in [2.75, 3.05) is 7.05 Å². The van der Waals surface area contributed by atoms with Gasteiger partial charge in [0.1, 0.15) is 0 Å². The molecule has 0 bridgehead atoms. The zero-order chi connectivity index (χ0) is 13.1. The van der Waals surface area contributed by atoms with Crippen molar-refractivity contribution >= 4 is 49.9 Å². The molecule has 0 aliphatic rings. The molecule has 0 fully saturated rings. The highest BCUT2D eigenvalue weighted by atomic mass is 127. The SMILES string of the molecule is CCCn1ncc(Br)c1C(NC)c1csc(I)c1. The fourth-order valence-corrected chi connectivity index (χ4v) is 3.91. The van der Waals surface area contributed by atoms with Crippen molar-refractivity contribution in [1.29, 1.82) is 0 Å². The van der Waals surface area contributed by atoms with E-state index in [9.17, 15) is 0 Å². The largest absolute Gasteiger partial charge is 0.308 e. The van der Waals surface area contributed by atoms with Crippen molar-refractivity contribution in [3.63, 3.8) is 0 Å². The van der Waals surface area contributed by atoms with Crippen LogP contribution in [-0.2, 0) is 6.54 Å². The third kappa shape index (κ3) is 2.97. The number of aryl methyl sites for hydroxylation is 1. The number of halogens is 2. The molecule has 18 heavy (non-hydrogen) atoms. The molecule has 0 amide bonds. The number of aromatic nitrogens is 2. The molecule has 2 aromatic heterocycles. The molecule has 3 nitrogen and oxygen atoms in total. The first kappa shape index (κ1) is 14.5. The first-order valence-electron chi connectivity index (χ1n) is 5.79. The topological polar surface area (TPSA) is 29.9 Å². The minimum atomic E-state index is 0.188. The standard InChI is InChI=1S/C12H15BrIN3S/c1-3-4-17-12(9(13)6-16-17)11(15-2)8-5-10(14)18-7-8/h5-7,11,15H,3-4H2,1-2H3. The molecular formula is C12H15BrIN3S. The van der Waals surface area contributed by atoms with Crippen LogP contribution in [0.5, 0.6) is 0 Å². The summed E-state index contributed by atoms with van der Waals surface area (Å²) in [4.78, 5) is 0. The van der Waals surface area contributed by atoms with Crippen LogP contribution in [0.15, 0.2) is 22.1 Å². The number of nitrogens with zero attached hydrogens (tertiary/aromatic N) is 2. The molecule has 2 heterocycles. The molecule has 1 unspecified atom stereocenters. The smallest absolute Gasteiger partial charge is 0.0765 e. The quantitative estimate of drug-likeness (QED) is 0.712. The highest BCUT2D eigenvalue weighted by molar-refractivity contribution is 14.1. The van der Waals surface area contributed by atoms with Crippen LogP contribution in [0, 0.1) is 2.88 Å². The molecule has 0 aliphatic carbocycles. The Balaban J connectivity index is 2.41. The molecule has 0 saturated carbocycles. The van der Waals surface area contributed by atoms with E-state index in [0.29, 0.717) is 0 Å². The normalized spacial score (nSPS) is 12.9. The fourth-order valence-electron chi connectivity index (χ4n) is 1.98. The molecular weight excluding hydrogens is 425 g/mol. The first-order chi connectivity index (χ1) is 8.67. The highest BCUT2D eigenvalue weighted by Crippen LogP contribution is 2.31. The lowest BCUT2D eigenvalue weighted by atomic mass is 10.1. The maximum absolute atomic E-state index is 4.44. The van der Waals surface area contributed by atoms with Crippen LogP contribution in [0.25, 0.3) is 0 Å². The van der Waals surface area contributed by atoms with E-state index in [2.05, 4.69) is 72.0 Å². The molecule has 0 radical (unpaired) electrons. The monoisotopic (exact) mass is 439 g/mol. The summed E-state index contributed by atoms with van der Waals surface area (Å²) < 4.78 is 4.45. The lowest BCUT2D eigenvalue weighted by Gasteiger charge is -2.17. The zero-order valence-corrected chi connectivity index (χ0v) is 14.8. The van der Waals surface area contributed by atoms with Crippen molar-refractivity contribution < 1.29 is 0 Å². The molecule has 1 N–H and O–H groups in total. The van der Waals surface area contributed by atoms with Gasteiger partial charge in [-0.2, -0.15) is 5.10 Å². The number of hydrogen-bond donors (Lipinski definition) is 1. The van der Waals surface area contributed by atoms with E-state index in [1.165, 1.54) is 14.1 Å². The lowest BCUT2D eigenvalue weighted by Crippen LogP contribution is -2.21. The second kappa shape index (κ2) is 6.49. The number of hydrogen-bond acceptors (Lipinski definition) is 3. The van der Waals surface area contributed by atoms with Crippen LogP contribution < -0.4 is 5.32 Å². The summed E-state index contributed by atoms with van der Waals surface area (Å²) in [5.41, 5.74) is 2.50. The molecule has 1 atom stereocenters. The summed E-state index contributed by atoms with van der Waals surface area (Å²) >= 11 is 7.74.